The molecule has 0 amide bonds. The van der Waals surface area contributed by atoms with E-state index in [0.717, 1.165) is 6.07 Å². The summed E-state index contributed by atoms with van der Waals surface area (Å²) < 4.78 is 0. The molecule has 1 aliphatic heterocycles. The number of nitrogens with zero attached hydrogens (tertiary/aromatic N) is 3. The van der Waals surface area contributed by atoms with Crippen molar-refractivity contribution in [1.29, 1.82) is 0 Å². The van der Waals surface area contributed by atoms with Crippen LogP contribution < -0.4 is 4.90 Å². The van der Waals surface area contributed by atoms with Gasteiger partial charge in [-0.1, -0.05) is 0 Å². The van der Waals surface area contributed by atoms with Crippen molar-refractivity contribution in [2.45, 2.75) is 0 Å². The van der Waals surface area contributed by atoms with Gasteiger partial charge in [0.25, 0.3) is 5.69 Å². The van der Waals surface area contributed by atoms with E-state index in [9.17, 15) is 14.9 Å². The zero-order chi connectivity index (χ0) is 15.4. The predicted octanol–water partition coefficient (Wildman–Crippen LogP) is 0.829. The molecule has 2 rings (SSSR count). The van der Waals surface area contributed by atoms with Crippen LogP contribution in [0, 0.1) is 10.1 Å². The average Bonchev–Trinajstić information content (AvgIpc) is 2.47. The molecule has 0 radical (unpaired) electrons. The Morgan fingerprint density at radius 1 is 1.27 bits per heavy atom. The molecule has 9 heteroatoms. The van der Waals surface area contributed by atoms with Crippen LogP contribution in [0.4, 0.5) is 11.4 Å². The summed E-state index contributed by atoms with van der Waals surface area (Å²) in [6.45, 7) is 3.30. The highest BCUT2D eigenvalue weighted by Crippen LogP contribution is 2.30. The fraction of sp³-hybridized carbons (Fsp3) is 0.462. The molecule has 1 saturated heterocycles. The van der Waals surface area contributed by atoms with E-state index >= 15 is 0 Å². The quantitative estimate of drug-likeness (QED) is 0.607. The molecule has 0 saturated carbocycles. The molecule has 122 valence electrons. The lowest BCUT2D eigenvalue weighted by atomic mass is 10.1. The predicted molar refractivity (Wildman–Crippen MR) is 83.0 cm³/mol. The van der Waals surface area contributed by atoms with Crippen molar-refractivity contribution in [3.8, 4) is 0 Å². The third-order valence-electron chi connectivity index (χ3n) is 3.55. The van der Waals surface area contributed by atoms with Gasteiger partial charge in [-0.2, -0.15) is 0 Å². The summed E-state index contributed by atoms with van der Waals surface area (Å²) in [4.78, 5) is 25.5. The first-order valence-electron chi connectivity index (χ1n) is 6.63. The van der Waals surface area contributed by atoms with Crippen LogP contribution >= 0.6 is 12.4 Å². The maximum absolute atomic E-state index is 11.1. The number of rotatable bonds is 5. The molecular formula is C13H18ClN3O5. The van der Waals surface area contributed by atoms with E-state index in [4.69, 9.17) is 10.2 Å². The second-order valence-corrected chi connectivity index (χ2v) is 4.82. The third-order valence-corrected chi connectivity index (χ3v) is 3.55. The summed E-state index contributed by atoms with van der Waals surface area (Å²) in [5.41, 5.74) is 0.156. The summed E-state index contributed by atoms with van der Waals surface area (Å²) in [7, 11) is 0. The molecule has 1 fully saturated rings. The lowest BCUT2D eigenvalue weighted by molar-refractivity contribution is -0.384. The molecule has 1 aliphatic rings. The Bertz CT molecular complexity index is 546. The second-order valence-electron chi connectivity index (χ2n) is 4.82. The van der Waals surface area contributed by atoms with E-state index in [1.165, 1.54) is 12.1 Å². The van der Waals surface area contributed by atoms with Gasteiger partial charge in [-0.25, -0.2) is 4.79 Å². The van der Waals surface area contributed by atoms with E-state index in [1.54, 1.807) is 0 Å². The Kier molecular flexibility index (Phi) is 6.54. The van der Waals surface area contributed by atoms with Gasteiger partial charge in [0, 0.05) is 38.8 Å². The number of anilines is 1. The largest absolute Gasteiger partial charge is 0.478 e. The molecule has 1 aromatic carbocycles. The first-order valence-corrected chi connectivity index (χ1v) is 6.63. The highest BCUT2D eigenvalue weighted by molar-refractivity contribution is 5.89. The molecule has 0 aliphatic carbocycles. The van der Waals surface area contributed by atoms with Gasteiger partial charge in [-0.05, 0) is 12.1 Å². The van der Waals surface area contributed by atoms with E-state index in [1.807, 2.05) is 4.90 Å². The minimum absolute atomic E-state index is 0. The van der Waals surface area contributed by atoms with E-state index < -0.39 is 10.9 Å². The summed E-state index contributed by atoms with van der Waals surface area (Å²) in [6, 6.07) is 3.96. The van der Waals surface area contributed by atoms with Gasteiger partial charge in [0.1, 0.15) is 5.69 Å². The fourth-order valence-corrected chi connectivity index (χ4v) is 2.42. The Labute approximate surface area is 133 Å². The van der Waals surface area contributed by atoms with Crippen molar-refractivity contribution < 1.29 is 19.9 Å². The zero-order valence-electron chi connectivity index (χ0n) is 11.8. The number of aromatic carboxylic acids is 1. The van der Waals surface area contributed by atoms with Gasteiger partial charge in [0.15, 0.2) is 0 Å². The smallest absolute Gasteiger partial charge is 0.335 e. The fourth-order valence-electron chi connectivity index (χ4n) is 2.42. The second kappa shape index (κ2) is 7.92. The topological polar surface area (TPSA) is 107 Å². The van der Waals surface area contributed by atoms with Crippen molar-refractivity contribution in [3.63, 3.8) is 0 Å². The molecule has 0 bridgehead atoms. The minimum atomic E-state index is -1.18. The highest BCUT2D eigenvalue weighted by Gasteiger charge is 2.24. The maximum Gasteiger partial charge on any atom is 0.335 e. The molecule has 1 heterocycles. The van der Waals surface area contributed by atoms with Gasteiger partial charge in [-0.15, -0.1) is 12.4 Å². The third kappa shape index (κ3) is 4.06. The number of hydrogen-bond acceptors (Lipinski definition) is 6. The van der Waals surface area contributed by atoms with Crippen LogP contribution in [-0.4, -0.2) is 65.3 Å². The summed E-state index contributed by atoms with van der Waals surface area (Å²) in [6.07, 6.45) is 0. The SMILES string of the molecule is Cl.O=C(O)c1ccc(N2CCN(CCO)CC2)c([N+](=O)[O-])c1. The number of nitro groups is 1. The maximum atomic E-state index is 11.1. The van der Waals surface area contributed by atoms with Crippen LogP contribution in [0.2, 0.25) is 0 Å². The van der Waals surface area contributed by atoms with Crippen molar-refractivity contribution in [2.75, 3.05) is 44.2 Å². The molecule has 2 N–H and O–H groups in total. The van der Waals surface area contributed by atoms with Crippen molar-refractivity contribution in [1.82, 2.24) is 4.90 Å². The molecule has 1 aromatic rings. The number of nitro benzene ring substituents is 1. The molecule has 0 aromatic heterocycles. The van der Waals surface area contributed by atoms with Crippen LogP contribution in [0.1, 0.15) is 10.4 Å². The number of carbonyl (C=O) groups is 1. The van der Waals surface area contributed by atoms with Crippen molar-refractivity contribution >= 4 is 29.8 Å². The first kappa shape index (κ1) is 18.1. The van der Waals surface area contributed by atoms with Crippen LogP contribution in [0.5, 0.6) is 0 Å². The molecular weight excluding hydrogens is 314 g/mol. The number of aliphatic hydroxyl groups is 1. The van der Waals surface area contributed by atoms with E-state index in [0.29, 0.717) is 38.4 Å². The van der Waals surface area contributed by atoms with Crippen LogP contribution in [0.25, 0.3) is 0 Å². The lowest BCUT2D eigenvalue weighted by Gasteiger charge is -2.35. The Hall–Kier alpha value is -1.90. The van der Waals surface area contributed by atoms with Gasteiger partial charge in [0.05, 0.1) is 17.1 Å². The Balaban J connectivity index is 0.00000242. The monoisotopic (exact) mass is 331 g/mol. The summed E-state index contributed by atoms with van der Waals surface area (Å²) >= 11 is 0. The Morgan fingerprint density at radius 3 is 2.41 bits per heavy atom. The zero-order valence-corrected chi connectivity index (χ0v) is 12.7. The van der Waals surface area contributed by atoms with Gasteiger partial charge >= 0.3 is 5.97 Å². The average molecular weight is 332 g/mol. The number of piperazine rings is 1. The number of carboxylic acid groups (broad SMARTS) is 1. The van der Waals surface area contributed by atoms with Gasteiger partial charge in [0.2, 0.25) is 0 Å². The van der Waals surface area contributed by atoms with E-state index in [2.05, 4.69) is 4.90 Å². The number of halogens is 1. The number of carboxylic acids is 1. The van der Waals surface area contributed by atoms with Crippen LogP contribution in [0.15, 0.2) is 18.2 Å². The molecule has 8 nitrogen and oxygen atoms in total. The van der Waals surface area contributed by atoms with Gasteiger partial charge < -0.3 is 15.1 Å². The van der Waals surface area contributed by atoms with E-state index in [-0.39, 0.29) is 30.3 Å². The van der Waals surface area contributed by atoms with Crippen LogP contribution in [-0.2, 0) is 0 Å². The number of hydrogen-bond donors (Lipinski definition) is 2. The molecule has 0 unspecified atom stereocenters. The number of benzene rings is 1. The van der Waals surface area contributed by atoms with Crippen LogP contribution in [0.3, 0.4) is 0 Å². The summed E-state index contributed by atoms with van der Waals surface area (Å²) in [5, 5.41) is 29.0. The Morgan fingerprint density at radius 2 is 1.91 bits per heavy atom. The van der Waals surface area contributed by atoms with Gasteiger partial charge in [-0.3, -0.25) is 15.0 Å². The lowest BCUT2D eigenvalue weighted by Crippen LogP contribution is -2.47. The number of β-amino-alcohol motifs (C(OH)–C–C–N with tert-alkyl or cyclic N) is 1. The minimum Gasteiger partial charge on any atom is -0.478 e. The molecule has 0 atom stereocenters. The molecule has 22 heavy (non-hydrogen) atoms. The van der Waals surface area contributed by atoms with Crippen molar-refractivity contribution in [2.24, 2.45) is 0 Å². The number of aliphatic hydroxyl groups excluding tert-OH is 1. The van der Waals surface area contributed by atoms with Crippen molar-refractivity contribution in [3.05, 3.63) is 33.9 Å². The normalized spacial score (nSPS) is 15.2. The summed E-state index contributed by atoms with van der Waals surface area (Å²) in [5.74, 6) is -1.18. The standard InChI is InChI=1S/C13H17N3O5.ClH/c17-8-7-14-3-5-15(6-4-14)11-2-1-10(13(18)19)9-12(11)16(20)21;/h1-2,9,17H,3-8H2,(H,18,19);1H. The first-order chi connectivity index (χ1) is 10.0. The molecule has 0 spiro atoms. The highest BCUT2D eigenvalue weighted by atomic mass is 35.5.